The Hall–Kier alpha value is -3.61. The molecule has 0 aromatic heterocycles. The number of imide groups is 1. The van der Waals surface area contributed by atoms with E-state index in [-0.39, 0.29) is 5.70 Å². The molecule has 1 saturated heterocycles. The molecule has 2 aromatic rings. The summed E-state index contributed by atoms with van der Waals surface area (Å²) in [4.78, 5) is 36.6. The summed E-state index contributed by atoms with van der Waals surface area (Å²) in [5.74, 6) is -0.695. The van der Waals surface area contributed by atoms with Crippen molar-refractivity contribution in [1.29, 1.82) is 0 Å². The van der Waals surface area contributed by atoms with Crippen LogP contribution in [0.1, 0.15) is 16.7 Å². The van der Waals surface area contributed by atoms with E-state index in [1.165, 1.54) is 18.7 Å². The van der Waals surface area contributed by atoms with Gasteiger partial charge in [-0.1, -0.05) is 48.0 Å². The Morgan fingerprint density at radius 2 is 1.82 bits per heavy atom. The van der Waals surface area contributed by atoms with E-state index < -0.39 is 24.5 Å². The Morgan fingerprint density at radius 1 is 1.11 bits per heavy atom. The quantitative estimate of drug-likeness (QED) is 0.473. The Balaban J connectivity index is 1.77. The fourth-order valence-corrected chi connectivity index (χ4v) is 2.64. The molecule has 7 nitrogen and oxygen atoms in total. The Labute approximate surface area is 162 Å². The summed E-state index contributed by atoms with van der Waals surface area (Å²) in [7, 11) is 1.19. The topological polar surface area (TPSA) is 84.9 Å². The third-order valence-electron chi connectivity index (χ3n) is 4.21. The van der Waals surface area contributed by atoms with Gasteiger partial charge in [-0.3, -0.25) is 9.59 Å². The van der Waals surface area contributed by atoms with Crippen molar-refractivity contribution in [2.75, 3.05) is 13.7 Å². The van der Waals surface area contributed by atoms with Crippen LogP contribution in [-0.4, -0.2) is 36.5 Å². The fourth-order valence-electron chi connectivity index (χ4n) is 2.64. The first-order valence-corrected chi connectivity index (χ1v) is 8.66. The second-order valence-corrected chi connectivity index (χ2v) is 6.27. The molecular weight excluding hydrogens is 360 g/mol. The number of carbonyl (C=O) groups excluding carboxylic acids is 3. The number of aryl methyl sites for hydroxylation is 1. The molecule has 0 radical (unpaired) electrons. The summed E-state index contributed by atoms with van der Waals surface area (Å²) in [6.45, 7) is 1.95. The van der Waals surface area contributed by atoms with Gasteiger partial charge in [-0.2, -0.15) is 0 Å². The number of para-hydroxylation sites is 1. The normalized spacial score (nSPS) is 14.9. The lowest BCUT2D eigenvalue weighted by Gasteiger charge is -2.10. The zero-order valence-corrected chi connectivity index (χ0v) is 15.6. The van der Waals surface area contributed by atoms with Gasteiger partial charge in [-0.05, 0) is 24.6 Å². The summed E-state index contributed by atoms with van der Waals surface area (Å²) in [5, 5.41) is 2.47. The molecule has 1 N–H and O–H groups in total. The minimum absolute atomic E-state index is 0.0697. The number of esters is 1. The second-order valence-electron chi connectivity index (χ2n) is 6.27. The number of rotatable bonds is 6. The Kier molecular flexibility index (Phi) is 5.74. The van der Waals surface area contributed by atoms with Crippen LogP contribution >= 0.6 is 0 Å². The largest absolute Gasteiger partial charge is 0.488 e. The van der Waals surface area contributed by atoms with Crippen LogP contribution in [0.25, 0.3) is 6.08 Å². The van der Waals surface area contributed by atoms with Crippen LogP contribution in [0.15, 0.2) is 54.2 Å². The minimum Gasteiger partial charge on any atom is -0.488 e. The lowest BCUT2D eigenvalue weighted by Crippen LogP contribution is -2.36. The predicted molar refractivity (Wildman–Crippen MR) is 102 cm³/mol. The van der Waals surface area contributed by atoms with Crippen molar-refractivity contribution in [3.8, 4) is 5.75 Å². The summed E-state index contributed by atoms with van der Waals surface area (Å²) in [5.41, 5.74) is 2.89. The van der Waals surface area contributed by atoms with Crippen LogP contribution in [0, 0.1) is 6.92 Å². The third kappa shape index (κ3) is 4.37. The van der Waals surface area contributed by atoms with Crippen molar-refractivity contribution in [3.63, 3.8) is 0 Å². The average Bonchev–Trinajstić information content (AvgIpc) is 2.95. The van der Waals surface area contributed by atoms with Crippen molar-refractivity contribution >= 4 is 24.0 Å². The lowest BCUT2D eigenvalue weighted by atomic mass is 10.1. The molecule has 3 rings (SSSR count). The Morgan fingerprint density at radius 3 is 2.54 bits per heavy atom. The van der Waals surface area contributed by atoms with Crippen LogP contribution < -0.4 is 10.1 Å². The molecule has 144 valence electrons. The third-order valence-corrected chi connectivity index (χ3v) is 4.21. The molecule has 1 heterocycles. The van der Waals surface area contributed by atoms with Gasteiger partial charge >= 0.3 is 12.0 Å². The number of amides is 3. The van der Waals surface area contributed by atoms with Crippen molar-refractivity contribution in [1.82, 2.24) is 10.2 Å². The van der Waals surface area contributed by atoms with Gasteiger partial charge in [0.15, 0.2) is 0 Å². The first kappa shape index (κ1) is 19.2. The molecule has 0 aliphatic carbocycles. The van der Waals surface area contributed by atoms with E-state index in [0.717, 1.165) is 10.5 Å². The number of benzene rings is 2. The van der Waals surface area contributed by atoms with Gasteiger partial charge in [0.2, 0.25) is 0 Å². The number of methoxy groups -OCH3 is 1. The first-order valence-electron chi connectivity index (χ1n) is 8.66. The van der Waals surface area contributed by atoms with Crippen LogP contribution in [0.5, 0.6) is 5.75 Å². The van der Waals surface area contributed by atoms with E-state index in [4.69, 9.17) is 4.74 Å². The highest BCUT2D eigenvalue weighted by atomic mass is 16.5. The smallest absolute Gasteiger partial charge is 0.329 e. The molecule has 0 atom stereocenters. The van der Waals surface area contributed by atoms with Gasteiger partial charge in [0.05, 0.1) is 7.11 Å². The highest BCUT2D eigenvalue weighted by Crippen LogP contribution is 2.23. The molecule has 1 fully saturated rings. The van der Waals surface area contributed by atoms with Gasteiger partial charge < -0.3 is 14.8 Å². The molecule has 7 heteroatoms. The molecule has 28 heavy (non-hydrogen) atoms. The van der Waals surface area contributed by atoms with Crippen LogP contribution in [-0.2, 0) is 20.9 Å². The lowest BCUT2D eigenvalue weighted by molar-refractivity contribution is -0.143. The van der Waals surface area contributed by atoms with Crippen molar-refractivity contribution < 1.29 is 23.9 Å². The minimum atomic E-state index is -0.674. The van der Waals surface area contributed by atoms with Crippen LogP contribution in [0.4, 0.5) is 4.79 Å². The molecule has 1 aliphatic rings. The summed E-state index contributed by atoms with van der Waals surface area (Å²) in [6.07, 6.45) is 1.53. The van der Waals surface area contributed by atoms with Gasteiger partial charge in [-0.15, -0.1) is 0 Å². The summed E-state index contributed by atoms with van der Waals surface area (Å²) >= 11 is 0. The van der Waals surface area contributed by atoms with Gasteiger partial charge in [0.25, 0.3) is 5.91 Å². The van der Waals surface area contributed by atoms with Gasteiger partial charge in [0, 0.05) is 5.56 Å². The van der Waals surface area contributed by atoms with E-state index in [1.807, 2.05) is 37.3 Å². The van der Waals surface area contributed by atoms with Crippen LogP contribution in [0.3, 0.4) is 0 Å². The second kappa shape index (κ2) is 8.39. The van der Waals surface area contributed by atoms with E-state index in [0.29, 0.717) is 17.9 Å². The van der Waals surface area contributed by atoms with Crippen molar-refractivity contribution in [2.24, 2.45) is 0 Å². The number of hydrogen-bond acceptors (Lipinski definition) is 5. The molecule has 0 saturated carbocycles. The number of nitrogens with one attached hydrogen (secondary N) is 1. The fraction of sp³-hybridized carbons (Fsp3) is 0.190. The standard InChI is InChI=1S/C21H20N2O5/c1-14-7-9-15(10-8-14)13-28-18-6-4-3-5-16(18)11-17-20(25)23(21(26)22-17)12-19(24)27-2/h3-11H,12-13H2,1-2H3,(H,22,26)/b17-11+. The summed E-state index contributed by atoms with van der Waals surface area (Å²) in [6, 6.07) is 14.5. The van der Waals surface area contributed by atoms with Crippen molar-refractivity contribution in [3.05, 3.63) is 70.9 Å². The molecule has 1 aliphatic heterocycles. The molecule has 0 spiro atoms. The molecule has 2 aromatic carbocycles. The maximum absolute atomic E-state index is 12.4. The van der Waals surface area contributed by atoms with Crippen LogP contribution in [0.2, 0.25) is 0 Å². The number of urea groups is 1. The molecule has 3 amide bonds. The number of nitrogens with zero attached hydrogens (tertiary/aromatic N) is 1. The first-order chi connectivity index (χ1) is 13.5. The molecular formula is C21H20N2O5. The number of hydrogen-bond donors (Lipinski definition) is 1. The molecule has 0 bridgehead atoms. The predicted octanol–water partition coefficient (Wildman–Crippen LogP) is 2.64. The SMILES string of the molecule is COC(=O)CN1C(=O)N/C(=C/c2ccccc2OCc2ccc(C)cc2)C1=O. The number of carbonyl (C=O) groups is 3. The van der Waals surface area contributed by atoms with E-state index in [1.54, 1.807) is 18.2 Å². The van der Waals surface area contributed by atoms with E-state index >= 15 is 0 Å². The van der Waals surface area contributed by atoms with E-state index in [9.17, 15) is 14.4 Å². The highest BCUT2D eigenvalue weighted by molar-refractivity contribution is 6.15. The van der Waals surface area contributed by atoms with E-state index in [2.05, 4.69) is 10.1 Å². The zero-order valence-electron chi connectivity index (χ0n) is 15.6. The van der Waals surface area contributed by atoms with Gasteiger partial charge in [0.1, 0.15) is 24.6 Å². The Bertz CT molecular complexity index is 934. The molecule has 0 unspecified atom stereocenters. The van der Waals surface area contributed by atoms with Crippen molar-refractivity contribution in [2.45, 2.75) is 13.5 Å². The van der Waals surface area contributed by atoms with Gasteiger partial charge in [-0.25, -0.2) is 9.69 Å². The maximum atomic E-state index is 12.4. The zero-order chi connectivity index (χ0) is 20.1. The number of ether oxygens (including phenoxy) is 2. The highest BCUT2D eigenvalue weighted by Gasteiger charge is 2.35. The monoisotopic (exact) mass is 380 g/mol. The summed E-state index contributed by atoms with van der Waals surface area (Å²) < 4.78 is 10.4. The average molecular weight is 380 g/mol. The maximum Gasteiger partial charge on any atom is 0.329 e.